The number of hydrogen-bond donors (Lipinski definition) is 0. The molecule has 0 bridgehead atoms. The Morgan fingerprint density at radius 1 is 0.625 bits per heavy atom. The summed E-state index contributed by atoms with van der Waals surface area (Å²) in [5.74, 6) is 0.546. The van der Waals surface area contributed by atoms with Gasteiger partial charge in [0.2, 0.25) is 0 Å². The molecule has 0 aliphatic heterocycles. The van der Waals surface area contributed by atoms with Crippen LogP contribution in [0.5, 0.6) is 0 Å². The van der Waals surface area contributed by atoms with Crippen LogP contribution in [-0.4, -0.2) is 0 Å². The Hall–Kier alpha value is -2.86. The molecule has 0 nitrogen and oxygen atoms in total. The van der Waals surface area contributed by atoms with E-state index in [0.29, 0.717) is 5.92 Å². The summed E-state index contributed by atoms with van der Waals surface area (Å²) >= 11 is 0. The highest BCUT2D eigenvalue weighted by atomic mass is 14.4. The first-order valence-electron chi connectivity index (χ1n) is 12.0. The van der Waals surface area contributed by atoms with Crippen LogP contribution in [0.4, 0.5) is 0 Å². The molecule has 0 heteroatoms. The molecular weight excluding hydrogens is 384 g/mol. The van der Waals surface area contributed by atoms with Crippen LogP contribution in [0, 0.1) is 11.3 Å². The van der Waals surface area contributed by atoms with Gasteiger partial charge in [0, 0.05) is 0 Å². The number of benzene rings is 3. The Morgan fingerprint density at radius 3 is 1.47 bits per heavy atom. The third-order valence-corrected chi connectivity index (χ3v) is 7.27. The van der Waals surface area contributed by atoms with Crippen molar-refractivity contribution in [3.05, 3.63) is 119 Å². The van der Waals surface area contributed by atoms with Gasteiger partial charge in [-0.3, -0.25) is 0 Å². The van der Waals surface area contributed by atoms with E-state index in [1.165, 1.54) is 33.4 Å². The van der Waals surface area contributed by atoms with Crippen molar-refractivity contribution in [2.75, 3.05) is 0 Å². The zero-order valence-electron chi connectivity index (χ0n) is 20.7. The van der Waals surface area contributed by atoms with Crippen molar-refractivity contribution in [1.82, 2.24) is 0 Å². The second-order valence-corrected chi connectivity index (χ2v) is 9.27. The summed E-state index contributed by atoms with van der Waals surface area (Å²) < 4.78 is 0. The molecule has 166 valence electrons. The van der Waals surface area contributed by atoms with Crippen molar-refractivity contribution in [2.24, 2.45) is 11.3 Å². The van der Waals surface area contributed by atoms with E-state index in [9.17, 15) is 0 Å². The van der Waals surface area contributed by atoms with E-state index in [0.717, 1.165) is 12.8 Å². The number of allylic oxidation sites excluding steroid dienone is 4. The molecule has 0 radical (unpaired) electrons. The first-order valence-corrected chi connectivity index (χ1v) is 12.0. The predicted molar refractivity (Wildman–Crippen MR) is 141 cm³/mol. The zero-order chi connectivity index (χ0) is 23.1. The van der Waals surface area contributed by atoms with Gasteiger partial charge in [-0.15, -0.1) is 0 Å². The molecule has 1 aliphatic carbocycles. The second kappa shape index (κ2) is 10.6. The molecular formula is C32H38. The molecule has 32 heavy (non-hydrogen) atoms. The first kappa shape index (κ1) is 23.8. The van der Waals surface area contributed by atoms with Crippen molar-refractivity contribution in [2.45, 2.75) is 54.4 Å². The Kier molecular flexibility index (Phi) is 7.91. The highest BCUT2D eigenvalue weighted by Crippen LogP contribution is 2.53. The molecule has 0 saturated heterocycles. The molecule has 1 atom stereocenters. The molecule has 0 amide bonds. The van der Waals surface area contributed by atoms with Crippen LogP contribution in [0.25, 0.3) is 11.1 Å². The molecule has 0 spiro atoms. The quantitative estimate of drug-likeness (QED) is 0.393. The second-order valence-electron chi connectivity index (χ2n) is 9.27. The lowest BCUT2D eigenvalue weighted by Gasteiger charge is -2.42. The molecule has 0 heterocycles. The number of aryl methyl sites for hydroxylation is 1. The van der Waals surface area contributed by atoms with Crippen molar-refractivity contribution in [3.8, 4) is 0 Å². The van der Waals surface area contributed by atoms with Gasteiger partial charge in [-0.2, -0.15) is 0 Å². The summed E-state index contributed by atoms with van der Waals surface area (Å²) in [6, 6.07) is 32.3. The average molecular weight is 423 g/mol. The maximum Gasteiger partial charge on any atom is -0.00749 e. The zero-order valence-corrected chi connectivity index (χ0v) is 20.7. The van der Waals surface area contributed by atoms with E-state index in [1.54, 1.807) is 5.57 Å². The topological polar surface area (TPSA) is 0 Å². The summed E-state index contributed by atoms with van der Waals surface area (Å²) in [5, 5.41) is 0. The van der Waals surface area contributed by atoms with Crippen molar-refractivity contribution >= 4 is 11.1 Å². The highest BCUT2D eigenvalue weighted by Gasteiger charge is 2.38. The van der Waals surface area contributed by atoms with Crippen LogP contribution in [0.2, 0.25) is 0 Å². The van der Waals surface area contributed by atoms with Gasteiger partial charge in [0.05, 0.1) is 0 Å². The molecule has 3 aromatic rings. The summed E-state index contributed by atoms with van der Waals surface area (Å²) in [6.07, 6.45) is 2.24. The normalized spacial score (nSPS) is 17.6. The SMILES string of the molecule is CCC1=C(c2ccccc2)C(c2ccccc2)=C(C)C(C)(C)C1C.CCc1ccccc1. The Bertz CT molecular complexity index is 1010. The van der Waals surface area contributed by atoms with Gasteiger partial charge < -0.3 is 0 Å². The fourth-order valence-corrected chi connectivity index (χ4v) is 4.74. The van der Waals surface area contributed by atoms with E-state index >= 15 is 0 Å². The third kappa shape index (κ3) is 4.96. The first-order chi connectivity index (χ1) is 15.4. The van der Waals surface area contributed by atoms with Gasteiger partial charge in [-0.25, -0.2) is 0 Å². The van der Waals surface area contributed by atoms with Gasteiger partial charge in [0.25, 0.3) is 0 Å². The van der Waals surface area contributed by atoms with Crippen molar-refractivity contribution in [3.63, 3.8) is 0 Å². The van der Waals surface area contributed by atoms with Gasteiger partial charge in [-0.05, 0) is 58.9 Å². The van der Waals surface area contributed by atoms with Crippen molar-refractivity contribution in [1.29, 1.82) is 0 Å². The van der Waals surface area contributed by atoms with Crippen molar-refractivity contribution < 1.29 is 0 Å². The Balaban J connectivity index is 0.000000305. The predicted octanol–water partition coefficient (Wildman–Crippen LogP) is 9.25. The van der Waals surface area contributed by atoms with Gasteiger partial charge in [-0.1, -0.05) is 137 Å². The van der Waals surface area contributed by atoms with Crippen LogP contribution >= 0.6 is 0 Å². The average Bonchev–Trinajstić information content (AvgIpc) is 2.85. The summed E-state index contributed by atoms with van der Waals surface area (Å²) in [7, 11) is 0. The minimum atomic E-state index is 0.175. The lowest BCUT2D eigenvalue weighted by atomic mass is 9.62. The maximum atomic E-state index is 2.40. The smallest absolute Gasteiger partial charge is 0.00749 e. The fourth-order valence-electron chi connectivity index (χ4n) is 4.74. The fraction of sp³-hybridized carbons (Fsp3) is 0.312. The van der Waals surface area contributed by atoms with Gasteiger partial charge in [0.15, 0.2) is 0 Å². The molecule has 0 saturated carbocycles. The third-order valence-electron chi connectivity index (χ3n) is 7.27. The summed E-state index contributed by atoms with van der Waals surface area (Å²) in [5.41, 5.74) is 10.2. The van der Waals surface area contributed by atoms with E-state index in [4.69, 9.17) is 0 Å². The van der Waals surface area contributed by atoms with E-state index in [1.807, 2.05) is 6.07 Å². The molecule has 1 unspecified atom stereocenters. The lowest BCUT2D eigenvalue weighted by Crippen LogP contribution is -2.30. The van der Waals surface area contributed by atoms with Gasteiger partial charge in [0.1, 0.15) is 0 Å². The minimum Gasteiger partial charge on any atom is -0.0622 e. The molecule has 4 rings (SSSR count). The standard InChI is InChI=1S/C24H28.C8H10/c1-6-21-17(2)24(4,5)18(3)22(19-13-9-7-10-14-19)23(21)20-15-11-8-12-16-20;1-2-8-6-4-3-5-7-8/h7-17H,6H2,1-5H3;3-7H,2H2,1H3. The van der Waals surface area contributed by atoms with E-state index in [2.05, 4.69) is 126 Å². The highest BCUT2D eigenvalue weighted by molar-refractivity contribution is 6.08. The number of rotatable bonds is 4. The maximum absolute atomic E-state index is 2.40. The molecule has 0 fully saturated rings. The molecule has 0 N–H and O–H groups in total. The molecule has 3 aromatic carbocycles. The summed E-state index contributed by atoms with van der Waals surface area (Å²) in [6.45, 7) is 14.0. The summed E-state index contributed by atoms with van der Waals surface area (Å²) in [4.78, 5) is 0. The van der Waals surface area contributed by atoms with Gasteiger partial charge >= 0.3 is 0 Å². The molecule has 0 aromatic heterocycles. The van der Waals surface area contributed by atoms with Crippen LogP contribution in [0.3, 0.4) is 0 Å². The Morgan fingerprint density at radius 2 is 1.06 bits per heavy atom. The Labute approximate surface area is 195 Å². The van der Waals surface area contributed by atoms with E-state index in [-0.39, 0.29) is 5.41 Å². The van der Waals surface area contributed by atoms with Crippen LogP contribution in [0.1, 0.15) is 64.7 Å². The lowest BCUT2D eigenvalue weighted by molar-refractivity contribution is 0.321. The van der Waals surface area contributed by atoms with Crippen LogP contribution in [-0.2, 0) is 6.42 Å². The van der Waals surface area contributed by atoms with E-state index < -0.39 is 0 Å². The van der Waals surface area contributed by atoms with Crippen LogP contribution < -0.4 is 0 Å². The monoisotopic (exact) mass is 422 g/mol. The minimum absolute atomic E-state index is 0.175. The van der Waals surface area contributed by atoms with Crippen LogP contribution in [0.15, 0.2) is 102 Å². The number of hydrogen-bond acceptors (Lipinski definition) is 0. The largest absolute Gasteiger partial charge is 0.0622 e. The molecule has 1 aliphatic rings.